The Bertz CT molecular complexity index is 588. The zero-order chi connectivity index (χ0) is 17.0. The summed E-state index contributed by atoms with van der Waals surface area (Å²) in [5.74, 6) is -2.06. The summed E-state index contributed by atoms with van der Waals surface area (Å²) in [4.78, 5) is 24.0. The number of amides is 2. The van der Waals surface area contributed by atoms with Crippen molar-refractivity contribution < 1.29 is 22.8 Å². The maximum Gasteiger partial charge on any atom is 0.471 e. The van der Waals surface area contributed by atoms with E-state index in [0.717, 1.165) is 4.90 Å². The highest BCUT2D eigenvalue weighted by molar-refractivity contribution is 5.99. The van der Waals surface area contributed by atoms with Crippen LogP contribution < -0.4 is 11.1 Å². The van der Waals surface area contributed by atoms with E-state index in [2.05, 4.69) is 5.32 Å². The average molecular weight is 366 g/mol. The molecule has 1 saturated heterocycles. The molecule has 1 aromatic carbocycles. The van der Waals surface area contributed by atoms with Crippen LogP contribution in [0.5, 0.6) is 0 Å². The second kappa shape index (κ2) is 8.23. The third kappa shape index (κ3) is 5.02. The number of halogens is 4. The first-order valence-corrected chi connectivity index (χ1v) is 7.28. The second-order valence-electron chi connectivity index (χ2n) is 5.53. The summed E-state index contributed by atoms with van der Waals surface area (Å²) in [6, 6.07) is 6.65. The highest BCUT2D eigenvalue weighted by Gasteiger charge is 2.43. The number of para-hydroxylation sites is 1. The van der Waals surface area contributed by atoms with Gasteiger partial charge in [-0.05, 0) is 30.9 Å². The lowest BCUT2D eigenvalue weighted by atomic mass is 9.96. The van der Waals surface area contributed by atoms with Crippen LogP contribution in [0.2, 0.25) is 0 Å². The summed E-state index contributed by atoms with van der Waals surface area (Å²) in [6.45, 7) is 0.444. The van der Waals surface area contributed by atoms with Crippen LogP contribution in [0.25, 0.3) is 0 Å². The molecule has 0 spiro atoms. The van der Waals surface area contributed by atoms with Gasteiger partial charge in [-0.15, -0.1) is 12.4 Å². The highest BCUT2D eigenvalue weighted by Crippen LogP contribution is 2.23. The van der Waals surface area contributed by atoms with E-state index in [-0.39, 0.29) is 37.3 Å². The molecule has 0 aliphatic carbocycles. The fraction of sp³-hybridized carbons (Fsp3) is 0.467. The molecule has 2 amide bonds. The van der Waals surface area contributed by atoms with Gasteiger partial charge >= 0.3 is 12.1 Å². The lowest BCUT2D eigenvalue weighted by Crippen LogP contribution is -2.46. The van der Waals surface area contributed by atoms with Gasteiger partial charge in [0.15, 0.2) is 0 Å². The fourth-order valence-electron chi connectivity index (χ4n) is 2.56. The van der Waals surface area contributed by atoms with Crippen LogP contribution in [0.1, 0.15) is 23.2 Å². The lowest BCUT2D eigenvalue weighted by molar-refractivity contribution is -0.186. The van der Waals surface area contributed by atoms with Crippen molar-refractivity contribution in [3.8, 4) is 0 Å². The first-order chi connectivity index (χ1) is 10.8. The van der Waals surface area contributed by atoms with Crippen molar-refractivity contribution >= 4 is 29.9 Å². The molecule has 3 N–H and O–H groups in total. The van der Waals surface area contributed by atoms with Gasteiger partial charge in [-0.1, -0.05) is 12.1 Å². The number of nitrogens with zero attached hydrogens (tertiary/aromatic N) is 1. The fourth-order valence-corrected chi connectivity index (χ4v) is 2.56. The number of nitrogen functional groups attached to an aromatic ring is 1. The van der Waals surface area contributed by atoms with Gasteiger partial charge in [0.05, 0.1) is 5.56 Å². The molecule has 5 nitrogen and oxygen atoms in total. The highest BCUT2D eigenvalue weighted by atomic mass is 35.5. The van der Waals surface area contributed by atoms with E-state index in [4.69, 9.17) is 5.73 Å². The minimum atomic E-state index is -4.83. The summed E-state index contributed by atoms with van der Waals surface area (Å²) in [5.41, 5.74) is 6.45. The SMILES string of the molecule is Cl.Nc1ccccc1C(=O)NCC1CCN(C(=O)C(F)(F)F)CC1. The molecule has 1 aliphatic rings. The van der Waals surface area contributed by atoms with Crippen molar-refractivity contribution in [2.24, 2.45) is 5.92 Å². The van der Waals surface area contributed by atoms with E-state index < -0.39 is 12.1 Å². The Morgan fingerprint density at radius 2 is 1.79 bits per heavy atom. The third-order valence-corrected chi connectivity index (χ3v) is 3.90. The standard InChI is InChI=1S/C15H18F3N3O2.ClH/c16-15(17,18)14(23)21-7-5-10(6-8-21)9-20-13(22)11-3-1-2-4-12(11)19;/h1-4,10H,5-9,19H2,(H,20,22);1H. The van der Waals surface area contributed by atoms with E-state index in [0.29, 0.717) is 30.6 Å². The number of carbonyl (C=O) groups is 2. The molecule has 1 heterocycles. The minimum Gasteiger partial charge on any atom is -0.398 e. The van der Waals surface area contributed by atoms with Crippen LogP contribution >= 0.6 is 12.4 Å². The van der Waals surface area contributed by atoms with Crippen molar-refractivity contribution in [2.45, 2.75) is 19.0 Å². The number of nitrogens with two attached hydrogens (primary N) is 1. The number of likely N-dealkylation sites (tertiary alicyclic amines) is 1. The van der Waals surface area contributed by atoms with Crippen LogP contribution in [0, 0.1) is 5.92 Å². The third-order valence-electron chi connectivity index (χ3n) is 3.90. The molecule has 2 rings (SSSR count). The first-order valence-electron chi connectivity index (χ1n) is 7.28. The zero-order valence-corrected chi connectivity index (χ0v) is 13.6. The van der Waals surface area contributed by atoms with Gasteiger partial charge in [0, 0.05) is 25.3 Å². The van der Waals surface area contributed by atoms with Crippen LogP contribution in [0.15, 0.2) is 24.3 Å². The van der Waals surface area contributed by atoms with Gasteiger partial charge in [-0.3, -0.25) is 9.59 Å². The Kier molecular flexibility index (Phi) is 6.89. The van der Waals surface area contributed by atoms with Crippen molar-refractivity contribution in [2.75, 3.05) is 25.4 Å². The van der Waals surface area contributed by atoms with Crippen molar-refractivity contribution in [3.63, 3.8) is 0 Å². The van der Waals surface area contributed by atoms with E-state index in [1.165, 1.54) is 0 Å². The summed E-state index contributed by atoms with van der Waals surface area (Å²) in [7, 11) is 0. The molecule has 1 aromatic rings. The zero-order valence-electron chi connectivity index (χ0n) is 12.8. The topological polar surface area (TPSA) is 75.4 Å². The summed E-state index contributed by atoms with van der Waals surface area (Å²) in [5, 5.41) is 2.74. The smallest absolute Gasteiger partial charge is 0.398 e. The number of rotatable bonds is 3. The summed E-state index contributed by atoms with van der Waals surface area (Å²) < 4.78 is 37.1. The van der Waals surface area contributed by atoms with Crippen molar-refractivity contribution in [1.29, 1.82) is 0 Å². The molecule has 0 atom stereocenters. The monoisotopic (exact) mass is 365 g/mol. The van der Waals surface area contributed by atoms with E-state index in [9.17, 15) is 22.8 Å². The summed E-state index contributed by atoms with van der Waals surface area (Å²) >= 11 is 0. The molecule has 24 heavy (non-hydrogen) atoms. The van der Waals surface area contributed by atoms with Crippen molar-refractivity contribution in [3.05, 3.63) is 29.8 Å². The predicted molar refractivity (Wildman–Crippen MR) is 85.8 cm³/mol. The first kappa shape index (κ1) is 20.1. The Labute approximate surface area is 143 Å². The number of benzene rings is 1. The van der Waals surface area contributed by atoms with Gasteiger partial charge in [0.2, 0.25) is 0 Å². The Balaban J connectivity index is 0.00000288. The van der Waals surface area contributed by atoms with Gasteiger partial charge in [0.25, 0.3) is 5.91 Å². The molecule has 134 valence electrons. The van der Waals surface area contributed by atoms with E-state index >= 15 is 0 Å². The molecule has 9 heteroatoms. The number of hydrogen-bond acceptors (Lipinski definition) is 3. The molecule has 0 bridgehead atoms. The summed E-state index contributed by atoms with van der Waals surface area (Å²) in [6.07, 6.45) is -3.98. The van der Waals surface area contributed by atoms with Crippen molar-refractivity contribution in [1.82, 2.24) is 10.2 Å². The van der Waals surface area contributed by atoms with Gasteiger partial charge in [0.1, 0.15) is 0 Å². The molecule has 0 unspecified atom stereocenters. The maximum absolute atomic E-state index is 12.4. The molecular weight excluding hydrogens is 347 g/mol. The van der Waals surface area contributed by atoms with Crippen LogP contribution in [0.4, 0.5) is 18.9 Å². The van der Waals surface area contributed by atoms with E-state index in [1.807, 2.05) is 0 Å². The van der Waals surface area contributed by atoms with Crippen LogP contribution in [0.3, 0.4) is 0 Å². The number of carbonyl (C=O) groups excluding carboxylic acids is 2. The molecule has 1 aliphatic heterocycles. The van der Waals surface area contributed by atoms with E-state index in [1.54, 1.807) is 24.3 Å². The average Bonchev–Trinajstić information content (AvgIpc) is 2.52. The number of alkyl halides is 3. The predicted octanol–water partition coefficient (Wildman–Crippen LogP) is 2.22. The Hall–Kier alpha value is -1.96. The quantitative estimate of drug-likeness (QED) is 0.806. The molecule has 0 saturated carbocycles. The second-order valence-corrected chi connectivity index (χ2v) is 5.53. The Morgan fingerprint density at radius 3 is 2.33 bits per heavy atom. The van der Waals surface area contributed by atoms with Gasteiger partial charge < -0.3 is 16.0 Å². The minimum absolute atomic E-state index is 0. The molecular formula is C15H19ClF3N3O2. The molecule has 0 radical (unpaired) electrons. The number of piperidine rings is 1. The largest absolute Gasteiger partial charge is 0.471 e. The van der Waals surface area contributed by atoms with Crippen LogP contribution in [-0.2, 0) is 4.79 Å². The van der Waals surface area contributed by atoms with Crippen LogP contribution in [-0.4, -0.2) is 42.5 Å². The van der Waals surface area contributed by atoms with Gasteiger partial charge in [-0.25, -0.2) is 0 Å². The number of anilines is 1. The molecule has 1 fully saturated rings. The lowest BCUT2D eigenvalue weighted by Gasteiger charge is -2.32. The molecule has 0 aromatic heterocycles. The number of nitrogens with one attached hydrogen (secondary N) is 1. The van der Waals surface area contributed by atoms with Gasteiger partial charge in [-0.2, -0.15) is 13.2 Å². The Morgan fingerprint density at radius 1 is 1.21 bits per heavy atom. The normalized spacial score (nSPS) is 15.5. The number of hydrogen-bond donors (Lipinski definition) is 2. The maximum atomic E-state index is 12.4.